The predicted octanol–water partition coefficient (Wildman–Crippen LogP) is 1.07. The molecule has 1 aliphatic heterocycles. The second kappa shape index (κ2) is 4.15. The number of carbonyl (C=O) groups is 1. The second-order valence-electron chi connectivity index (χ2n) is 3.95. The SMILES string of the molecule is Cc1oc(S(=O)(=O)N2CCCC2)cc1C(=O)O. The number of aromatic carboxylic acids is 1. The highest BCUT2D eigenvalue weighted by molar-refractivity contribution is 7.89. The number of carboxylic acid groups (broad SMARTS) is 1. The molecule has 1 aliphatic rings. The highest BCUT2D eigenvalue weighted by Crippen LogP contribution is 2.25. The van der Waals surface area contributed by atoms with E-state index in [0.717, 1.165) is 18.9 Å². The van der Waals surface area contributed by atoms with Crippen LogP contribution in [0.25, 0.3) is 0 Å². The Morgan fingerprint density at radius 2 is 2.00 bits per heavy atom. The molecule has 1 saturated heterocycles. The third-order valence-electron chi connectivity index (χ3n) is 2.78. The predicted molar refractivity (Wildman–Crippen MR) is 58.4 cm³/mol. The van der Waals surface area contributed by atoms with Gasteiger partial charge in [-0.1, -0.05) is 0 Å². The number of hydrogen-bond acceptors (Lipinski definition) is 4. The van der Waals surface area contributed by atoms with Crippen molar-refractivity contribution in [2.24, 2.45) is 0 Å². The van der Waals surface area contributed by atoms with Crippen LogP contribution in [0.1, 0.15) is 29.0 Å². The molecule has 0 bridgehead atoms. The summed E-state index contributed by atoms with van der Waals surface area (Å²) >= 11 is 0. The average molecular weight is 259 g/mol. The fraction of sp³-hybridized carbons (Fsp3) is 0.500. The van der Waals surface area contributed by atoms with Crippen molar-refractivity contribution in [1.82, 2.24) is 4.31 Å². The summed E-state index contributed by atoms with van der Waals surface area (Å²) in [6, 6.07) is 1.07. The van der Waals surface area contributed by atoms with Crippen LogP contribution in [0.15, 0.2) is 15.6 Å². The molecule has 0 unspecified atom stereocenters. The monoisotopic (exact) mass is 259 g/mol. The van der Waals surface area contributed by atoms with Crippen molar-refractivity contribution in [3.05, 3.63) is 17.4 Å². The molecule has 0 spiro atoms. The highest BCUT2D eigenvalue weighted by Gasteiger charge is 2.31. The van der Waals surface area contributed by atoms with Gasteiger partial charge in [-0.25, -0.2) is 13.2 Å². The lowest BCUT2D eigenvalue weighted by Gasteiger charge is -2.12. The zero-order valence-corrected chi connectivity index (χ0v) is 10.2. The third kappa shape index (κ3) is 2.07. The molecular weight excluding hydrogens is 246 g/mol. The van der Waals surface area contributed by atoms with E-state index in [1.807, 2.05) is 0 Å². The van der Waals surface area contributed by atoms with E-state index < -0.39 is 16.0 Å². The first-order valence-corrected chi connectivity index (χ1v) is 6.71. The van der Waals surface area contributed by atoms with Crippen LogP contribution in [0, 0.1) is 6.92 Å². The maximum atomic E-state index is 12.1. The Kier molecular flexibility index (Phi) is 2.96. The number of rotatable bonds is 3. The molecule has 1 aromatic heterocycles. The number of furan rings is 1. The van der Waals surface area contributed by atoms with E-state index >= 15 is 0 Å². The highest BCUT2D eigenvalue weighted by atomic mass is 32.2. The van der Waals surface area contributed by atoms with Crippen molar-refractivity contribution >= 4 is 16.0 Å². The number of nitrogens with zero attached hydrogens (tertiary/aromatic N) is 1. The minimum Gasteiger partial charge on any atom is -0.478 e. The van der Waals surface area contributed by atoms with Gasteiger partial charge in [0, 0.05) is 19.2 Å². The van der Waals surface area contributed by atoms with Gasteiger partial charge in [0.1, 0.15) is 11.3 Å². The molecule has 94 valence electrons. The Bertz CT molecular complexity index is 539. The Morgan fingerprint density at radius 3 is 2.47 bits per heavy atom. The summed E-state index contributed by atoms with van der Waals surface area (Å²) in [4.78, 5) is 10.8. The summed E-state index contributed by atoms with van der Waals surface area (Å²) in [5.74, 6) is -1.08. The lowest BCUT2D eigenvalue weighted by Crippen LogP contribution is -2.27. The van der Waals surface area contributed by atoms with Crippen LogP contribution in [-0.4, -0.2) is 36.9 Å². The minimum atomic E-state index is -3.67. The molecule has 2 heterocycles. The lowest BCUT2D eigenvalue weighted by molar-refractivity contribution is 0.0695. The molecule has 1 N–H and O–H groups in total. The largest absolute Gasteiger partial charge is 0.478 e. The van der Waals surface area contributed by atoms with Gasteiger partial charge in [-0.3, -0.25) is 0 Å². The van der Waals surface area contributed by atoms with E-state index in [0.29, 0.717) is 13.1 Å². The maximum Gasteiger partial charge on any atom is 0.339 e. The molecule has 7 heteroatoms. The first-order valence-electron chi connectivity index (χ1n) is 5.27. The van der Waals surface area contributed by atoms with Crippen molar-refractivity contribution in [2.45, 2.75) is 24.9 Å². The molecule has 0 atom stereocenters. The topological polar surface area (TPSA) is 87.8 Å². The molecule has 0 amide bonds. The van der Waals surface area contributed by atoms with Crippen LogP contribution in [0.3, 0.4) is 0 Å². The van der Waals surface area contributed by atoms with Crippen molar-refractivity contribution in [1.29, 1.82) is 0 Å². The van der Waals surface area contributed by atoms with Crippen molar-refractivity contribution in [2.75, 3.05) is 13.1 Å². The number of sulfonamides is 1. The van der Waals surface area contributed by atoms with E-state index in [9.17, 15) is 13.2 Å². The van der Waals surface area contributed by atoms with E-state index in [1.165, 1.54) is 11.2 Å². The average Bonchev–Trinajstić information content (AvgIpc) is 2.84. The quantitative estimate of drug-likeness (QED) is 0.877. The van der Waals surface area contributed by atoms with Gasteiger partial charge in [0.15, 0.2) is 0 Å². The molecule has 1 aromatic rings. The van der Waals surface area contributed by atoms with Crippen LogP contribution < -0.4 is 0 Å². The summed E-state index contributed by atoms with van der Waals surface area (Å²) in [6.07, 6.45) is 1.65. The molecule has 17 heavy (non-hydrogen) atoms. The summed E-state index contributed by atoms with van der Waals surface area (Å²) in [5.41, 5.74) is -0.109. The summed E-state index contributed by atoms with van der Waals surface area (Å²) in [5, 5.41) is 8.56. The van der Waals surface area contributed by atoms with Crippen LogP contribution in [0.4, 0.5) is 0 Å². The van der Waals surface area contributed by atoms with Crippen LogP contribution in [0.5, 0.6) is 0 Å². The normalized spacial score (nSPS) is 17.5. The van der Waals surface area contributed by atoms with Crippen LogP contribution in [0.2, 0.25) is 0 Å². The smallest absolute Gasteiger partial charge is 0.339 e. The molecule has 2 rings (SSSR count). The van der Waals surface area contributed by atoms with Gasteiger partial charge < -0.3 is 9.52 Å². The molecule has 6 nitrogen and oxygen atoms in total. The number of hydrogen-bond donors (Lipinski definition) is 1. The fourth-order valence-electron chi connectivity index (χ4n) is 1.85. The third-order valence-corrected chi connectivity index (χ3v) is 4.54. The van der Waals surface area contributed by atoms with Crippen LogP contribution in [-0.2, 0) is 10.0 Å². The first-order chi connectivity index (χ1) is 7.93. The molecule has 1 fully saturated rings. The summed E-state index contributed by atoms with van der Waals surface area (Å²) in [6.45, 7) is 2.36. The molecule has 0 saturated carbocycles. The Balaban J connectivity index is 2.40. The summed E-state index contributed by atoms with van der Waals surface area (Å²) in [7, 11) is -3.67. The van der Waals surface area contributed by atoms with Crippen molar-refractivity contribution < 1.29 is 22.7 Å². The lowest BCUT2D eigenvalue weighted by atomic mass is 10.3. The maximum absolute atomic E-state index is 12.1. The standard InChI is InChI=1S/C10H13NO5S/c1-7-8(10(12)13)6-9(16-7)17(14,15)11-4-2-3-5-11/h6H,2-5H2,1H3,(H,12,13). The van der Waals surface area contributed by atoms with E-state index in [1.54, 1.807) is 0 Å². The number of aryl methyl sites for hydroxylation is 1. The molecule has 0 aliphatic carbocycles. The van der Waals surface area contributed by atoms with Crippen molar-refractivity contribution in [3.63, 3.8) is 0 Å². The van der Waals surface area contributed by atoms with Gasteiger partial charge in [-0.05, 0) is 19.8 Å². The van der Waals surface area contributed by atoms with Gasteiger partial charge in [-0.2, -0.15) is 4.31 Å². The Morgan fingerprint density at radius 1 is 1.41 bits per heavy atom. The number of carboxylic acids is 1. The van der Waals surface area contributed by atoms with Gasteiger partial charge in [0.25, 0.3) is 10.0 Å². The zero-order chi connectivity index (χ0) is 12.6. The van der Waals surface area contributed by atoms with Gasteiger partial charge in [0.2, 0.25) is 5.09 Å². The van der Waals surface area contributed by atoms with Crippen molar-refractivity contribution in [3.8, 4) is 0 Å². The van der Waals surface area contributed by atoms with E-state index in [-0.39, 0.29) is 16.4 Å². The molecule has 0 radical (unpaired) electrons. The second-order valence-corrected chi connectivity index (χ2v) is 5.82. The van der Waals surface area contributed by atoms with Gasteiger partial charge in [0.05, 0.1) is 0 Å². The summed E-state index contributed by atoms with van der Waals surface area (Å²) < 4.78 is 30.5. The zero-order valence-electron chi connectivity index (χ0n) is 9.34. The molecular formula is C10H13NO5S. The van der Waals surface area contributed by atoms with E-state index in [2.05, 4.69) is 0 Å². The van der Waals surface area contributed by atoms with Gasteiger partial charge >= 0.3 is 5.97 Å². The van der Waals surface area contributed by atoms with Crippen LogP contribution >= 0.6 is 0 Å². The Labute approximate surface area is 98.9 Å². The minimum absolute atomic E-state index is 0.107. The fourth-order valence-corrected chi connectivity index (χ4v) is 3.34. The Hall–Kier alpha value is -1.34. The van der Waals surface area contributed by atoms with E-state index in [4.69, 9.17) is 9.52 Å². The molecule has 0 aromatic carbocycles. The first kappa shape index (κ1) is 12.1. The van der Waals surface area contributed by atoms with Gasteiger partial charge in [-0.15, -0.1) is 0 Å².